The highest BCUT2D eigenvalue weighted by Crippen LogP contribution is 2.19. The average Bonchev–Trinajstić information content (AvgIpc) is 3.44. The fraction of sp³-hybridized carbons (Fsp3) is 0.190. The predicted molar refractivity (Wildman–Crippen MR) is 117 cm³/mol. The number of aromatic nitrogens is 5. The number of benzene rings is 1. The minimum Gasteiger partial charge on any atom is -0.472 e. The molecule has 0 spiro atoms. The molecule has 0 atom stereocenters. The fourth-order valence-corrected chi connectivity index (χ4v) is 2.86. The summed E-state index contributed by atoms with van der Waals surface area (Å²) >= 11 is 0. The molecule has 3 heterocycles. The van der Waals surface area contributed by atoms with E-state index in [0.29, 0.717) is 41.3 Å². The van der Waals surface area contributed by atoms with Crippen LogP contribution >= 0.6 is 0 Å². The third kappa shape index (κ3) is 5.39. The van der Waals surface area contributed by atoms with Gasteiger partial charge in [0, 0.05) is 30.9 Å². The van der Waals surface area contributed by atoms with Crippen LogP contribution in [0.25, 0.3) is 0 Å². The molecule has 4 aromatic rings. The van der Waals surface area contributed by atoms with Crippen LogP contribution in [0.2, 0.25) is 0 Å². The highest BCUT2D eigenvalue weighted by atomic mass is 16.5. The summed E-state index contributed by atoms with van der Waals surface area (Å²) in [4.78, 5) is 20.4. The monoisotopic (exact) mass is 434 g/mol. The summed E-state index contributed by atoms with van der Waals surface area (Å²) in [7, 11) is 1.60. The van der Waals surface area contributed by atoms with Crippen LogP contribution in [-0.4, -0.2) is 38.3 Å². The number of carbonyl (C=O) groups is 1. The first-order chi connectivity index (χ1) is 15.6. The number of carbonyl (C=O) groups excluding carboxylic acids is 1. The molecule has 0 aliphatic rings. The Labute approximate surface area is 183 Å². The summed E-state index contributed by atoms with van der Waals surface area (Å²) in [6, 6.07) is 12.5. The normalized spacial score (nSPS) is 10.6. The van der Waals surface area contributed by atoms with Gasteiger partial charge >= 0.3 is 0 Å². The van der Waals surface area contributed by atoms with Crippen molar-refractivity contribution in [2.75, 3.05) is 17.7 Å². The zero-order valence-corrected chi connectivity index (χ0v) is 17.5. The second kappa shape index (κ2) is 9.60. The molecule has 0 radical (unpaired) electrons. The molecule has 0 fully saturated rings. The van der Waals surface area contributed by atoms with Crippen LogP contribution in [-0.2, 0) is 13.2 Å². The van der Waals surface area contributed by atoms with Crippen molar-refractivity contribution in [2.45, 2.75) is 20.1 Å². The van der Waals surface area contributed by atoms with Crippen molar-refractivity contribution in [3.63, 3.8) is 0 Å². The molecule has 0 bridgehead atoms. The molecule has 0 aliphatic heterocycles. The number of rotatable bonds is 9. The molecule has 4 N–H and O–H groups in total. The third-order valence-corrected chi connectivity index (χ3v) is 4.37. The molecule has 11 nitrogen and oxygen atoms in total. The summed E-state index contributed by atoms with van der Waals surface area (Å²) in [5.41, 5.74) is 2.25. The van der Waals surface area contributed by atoms with E-state index in [1.807, 2.05) is 25.1 Å². The van der Waals surface area contributed by atoms with Gasteiger partial charge < -0.3 is 25.2 Å². The van der Waals surface area contributed by atoms with E-state index >= 15 is 0 Å². The van der Waals surface area contributed by atoms with Crippen molar-refractivity contribution in [3.8, 4) is 5.88 Å². The Kier molecular flexibility index (Phi) is 6.25. The molecule has 3 aromatic heterocycles. The second-order valence-corrected chi connectivity index (χ2v) is 6.87. The lowest BCUT2D eigenvalue weighted by Gasteiger charge is -2.06. The van der Waals surface area contributed by atoms with Gasteiger partial charge in [-0.2, -0.15) is 4.98 Å². The number of aromatic amines is 1. The van der Waals surface area contributed by atoms with Crippen molar-refractivity contribution >= 4 is 23.5 Å². The topological polar surface area (TPSA) is 143 Å². The highest BCUT2D eigenvalue weighted by molar-refractivity contribution is 5.94. The number of anilines is 3. The predicted octanol–water partition coefficient (Wildman–Crippen LogP) is 2.79. The molecule has 11 heteroatoms. The Hall–Kier alpha value is -4.41. The first-order valence-electron chi connectivity index (χ1n) is 9.84. The number of H-pyrrole nitrogens is 1. The summed E-state index contributed by atoms with van der Waals surface area (Å²) < 4.78 is 10.9. The van der Waals surface area contributed by atoms with Crippen molar-refractivity contribution in [2.24, 2.45) is 0 Å². The summed E-state index contributed by atoms with van der Waals surface area (Å²) in [5.74, 6) is 2.58. The van der Waals surface area contributed by atoms with Gasteiger partial charge in [0.05, 0.1) is 12.2 Å². The van der Waals surface area contributed by atoms with Gasteiger partial charge in [-0.15, -0.1) is 5.10 Å². The minimum atomic E-state index is -0.146. The molecular weight excluding hydrogens is 412 g/mol. The number of ether oxygens (including phenoxy) is 1. The van der Waals surface area contributed by atoms with Crippen LogP contribution in [0.3, 0.4) is 0 Å². The zero-order valence-electron chi connectivity index (χ0n) is 17.5. The van der Waals surface area contributed by atoms with Crippen LogP contribution in [0.4, 0.5) is 17.6 Å². The number of aryl methyl sites for hydroxylation is 1. The molecule has 1 amide bonds. The van der Waals surface area contributed by atoms with Crippen LogP contribution < -0.4 is 20.7 Å². The molecule has 164 valence electrons. The van der Waals surface area contributed by atoms with Crippen molar-refractivity contribution < 1.29 is 14.1 Å². The SMILES string of the molecule is CNC(=O)c1cccc(COc2cc(Nc3ccnc(NCc4cc(C)no4)n3)[nH]n2)c1. The second-order valence-electron chi connectivity index (χ2n) is 6.87. The van der Waals surface area contributed by atoms with Crippen molar-refractivity contribution in [1.82, 2.24) is 30.6 Å². The van der Waals surface area contributed by atoms with Crippen molar-refractivity contribution in [1.29, 1.82) is 0 Å². The first-order valence-corrected chi connectivity index (χ1v) is 9.84. The molecule has 0 unspecified atom stereocenters. The fourth-order valence-electron chi connectivity index (χ4n) is 2.86. The van der Waals surface area contributed by atoms with E-state index in [9.17, 15) is 4.79 Å². The smallest absolute Gasteiger partial charge is 0.251 e. The molecule has 4 rings (SSSR count). The van der Waals surface area contributed by atoms with Gasteiger partial charge in [-0.05, 0) is 30.7 Å². The van der Waals surface area contributed by atoms with Crippen LogP contribution in [0.5, 0.6) is 5.88 Å². The van der Waals surface area contributed by atoms with E-state index in [2.05, 4.69) is 41.3 Å². The Bertz CT molecular complexity index is 1200. The van der Waals surface area contributed by atoms with Gasteiger partial charge in [0.1, 0.15) is 18.2 Å². The minimum absolute atomic E-state index is 0.146. The summed E-state index contributed by atoms with van der Waals surface area (Å²) in [6.45, 7) is 2.56. The number of nitrogens with zero attached hydrogens (tertiary/aromatic N) is 4. The number of hydrogen-bond donors (Lipinski definition) is 4. The first kappa shape index (κ1) is 20.8. The molecular formula is C21H22N8O3. The van der Waals surface area contributed by atoms with E-state index < -0.39 is 0 Å². The van der Waals surface area contributed by atoms with Gasteiger partial charge in [-0.3, -0.25) is 9.89 Å². The highest BCUT2D eigenvalue weighted by Gasteiger charge is 2.08. The van der Waals surface area contributed by atoms with Crippen molar-refractivity contribution in [3.05, 3.63) is 71.2 Å². The van der Waals surface area contributed by atoms with E-state index in [1.165, 1.54) is 0 Å². The summed E-state index contributed by atoms with van der Waals surface area (Å²) in [5, 5.41) is 19.6. The number of nitrogens with one attached hydrogen (secondary N) is 4. The lowest BCUT2D eigenvalue weighted by molar-refractivity contribution is 0.0963. The van der Waals surface area contributed by atoms with Crippen LogP contribution in [0, 0.1) is 6.92 Å². The maximum absolute atomic E-state index is 11.8. The van der Waals surface area contributed by atoms with E-state index in [1.54, 1.807) is 37.5 Å². The Morgan fingerprint density at radius 2 is 2.12 bits per heavy atom. The Morgan fingerprint density at radius 3 is 2.94 bits per heavy atom. The largest absolute Gasteiger partial charge is 0.472 e. The molecule has 32 heavy (non-hydrogen) atoms. The lowest BCUT2D eigenvalue weighted by Crippen LogP contribution is -2.17. The van der Waals surface area contributed by atoms with Gasteiger partial charge in [0.25, 0.3) is 5.91 Å². The lowest BCUT2D eigenvalue weighted by atomic mass is 10.1. The van der Waals surface area contributed by atoms with E-state index in [4.69, 9.17) is 9.26 Å². The molecule has 0 saturated carbocycles. The Morgan fingerprint density at radius 1 is 1.22 bits per heavy atom. The zero-order chi connectivity index (χ0) is 22.3. The van der Waals surface area contributed by atoms with Crippen LogP contribution in [0.15, 0.2) is 53.2 Å². The van der Waals surface area contributed by atoms with Gasteiger partial charge in [0.15, 0.2) is 5.76 Å². The Balaban J connectivity index is 1.32. The third-order valence-electron chi connectivity index (χ3n) is 4.37. The van der Waals surface area contributed by atoms with Gasteiger partial charge in [0.2, 0.25) is 11.8 Å². The molecule has 1 aromatic carbocycles. The van der Waals surface area contributed by atoms with E-state index in [0.717, 1.165) is 11.3 Å². The van der Waals surface area contributed by atoms with Gasteiger partial charge in [-0.1, -0.05) is 17.3 Å². The van der Waals surface area contributed by atoms with Gasteiger partial charge in [-0.25, -0.2) is 4.98 Å². The average molecular weight is 434 g/mol. The number of hydrogen-bond acceptors (Lipinski definition) is 9. The van der Waals surface area contributed by atoms with E-state index in [-0.39, 0.29) is 12.5 Å². The maximum atomic E-state index is 11.8. The standard InChI is InChI=1S/C21H22N8O3/c1-13-8-16(32-29-13)11-24-21-23-7-6-17(26-21)25-18-10-19(28-27-18)31-12-14-4-3-5-15(9-14)20(30)22-2/h3-10H,11-12H2,1-2H3,(H,22,30)(H3,23,24,25,26,27,28). The molecule has 0 saturated heterocycles. The maximum Gasteiger partial charge on any atom is 0.251 e. The quantitative estimate of drug-likeness (QED) is 0.313. The molecule has 0 aliphatic carbocycles. The van der Waals surface area contributed by atoms with Crippen LogP contribution in [0.1, 0.15) is 27.4 Å². The number of amides is 1. The summed E-state index contributed by atoms with van der Waals surface area (Å²) in [6.07, 6.45) is 1.64.